The van der Waals surface area contributed by atoms with Crippen LogP contribution in [0.2, 0.25) is 0 Å². The van der Waals surface area contributed by atoms with E-state index in [1.165, 1.54) is 12.1 Å². The lowest BCUT2D eigenvalue weighted by Gasteiger charge is -2.32. The molecule has 0 bridgehead atoms. The molecule has 1 aromatic carbocycles. The van der Waals surface area contributed by atoms with Crippen molar-refractivity contribution in [1.82, 2.24) is 4.90 Å². The quantitative estimate of drug-likeness (QED) is 0.638. The summed E-state index contributed by atoms with van der Waals surface area (Å²) in [5.41, 5.74) is -0.0744. The van der Waals surface area contributed by atoms with Gasteiger partial charge in [-0.2, -0.15) is 0 Å². The molecule has 1 atom stereocenters. The van der Waals surface area contributed by atoms with Crippen LogP contribution in [-0.4, -0.2) is 46.6 Å². The van der Waals surface area contributed by atoms with Crippen LogP contribution in [0.5, 0.6) is 0 Å². The molecule has 1 aliphatic heterocycles. The molecule has 7 heteroatoms. The van der Waals surface area contributed by atoms with Crippen LogP contribution in [0.15, 0.2) is 18.2 Å². The Kier molecular flexibility index (Phi) is 4.74. The van der Waals surface area contributed by atoms with Crippen LogP contribution in [0.1, 0.15) is 30.1 Å². The first-order valence-corrected chi connectivity index (χ1v) is 7.02. The lowest BCUT2D eigenvalue weighted by Crippen LogP contribution is -2.41. The van der Waals surface area contributed by atoms with E-state index in [4.69, 9.17) is 5.11 Å². The molecule has 1 unspecified atom stereocenters. The van der Waals surface area contributed by atoms with Crippen molar-refractivity contribution in [3.05, 3.63) is 33.9 Å². The third kappa shape index (κ3) is 3.69. The standard InChI is InChI=1S/C14H19N3O4/c1-2-16-7-3-4-11(9-16)15-10-5-6-12(14(18)19)13(8-10)17(20)21/h5-6,8,11,15H,2-4,7,9H2,1H3,(H,18,19). The number of carboxylic acid groups (broad SMARTS) is 1. The van der Waals surface area contributed by atoms with Gasteiger partial charge in [0.1, 0.15) is 5.56 Å². The molecule has 0 aliphatic carbocycles. The summed E-state index contributed by atoms with van der Waals surface area (Å²) in [6.45, 7) is 5.06. The zero-order valence-corrected chi connectivity index (χ0v) is 11.9. The number of nitro groups is 1. The predicted octanol–water partition coefficient (Wildman–Crippen LogP) is 2.19. The molecule has 0 amide bonds. The Balaban J connectivity index is 2.15. The summed E-state index contributed by atoms with van der Waals surface area (Å²) in [6, 6.07) is 4.40. The highest BCUT2D eigenvalue weighted by Gasteiger charge is 2.22. The number of hydrogen-bond donors (Lipinski definition) is 2. The third-order valence-electron chi connectivity index (χ3n) is 3.75. The monoisotopic (exact) mass is 293 g/mol. The third-order valence-corrected chi connectivity index (χ3v) is 3.75. The number of hydrogen-bond acceptors (Lipinski definition) is 5. The number of rotatable bonds is 5. The van der Waals surface area contributed by atoms with E-state index in [1.54, 1.807) is 6.07 Å². The Labute approximate surface area is 122 Å². The SMILES string of the molecule is CCN1CCCC(Nc2ccc(C(=O)O)c([N+](=O)[O-])c2)C1. The summed E-state index contributed by atoms with van der Waals surface area (Å²) >= 11 is 0. The van der Waals surface area contributed by atoms with Gasteiger partial charge in [0.05, 0.1) is 4.92 Å². The van der Waals surface area contributed by atoms with Gasteiger partial charge in [-0.3, -0.25) is 10.1 Å². The summed E-state index contributed by atoms with van der Waals surface area (Å²) < 4.78 is 0. The van der Waals surface area contributed by atoms with Gasteiger partial charge in [0.15, 0.2) is 0 Å². The molecule has 1 saturated heterocycles. The number of aromatic carboxylic acids is 1. The summed E-state index contributed by atoms with van der Waals surface area (Å²) in [4.78, 5) is 23.6. The van der Waals surface area contributed by atoms with Crippen molar-refractivity contribution in [2.45, 2.75) is 25.8 Å². The van der Waals surface area contributed by atoms with Gasteiger partial charge >= 0.3 is 5.97 Å². The fraction of sp³-hybridized carbons (Fsp3) is 0.500. The van der Waals surface area contributed by atoms with Gasteiger partial charge in [-0.15, -0.1) is 0 Å². The zero-order valence-electron chi connectivity index (χ0n) is 11.9. The first-order chi connectivity index (χ1) is 10.0. The van der Waals surface area contributed by atoms with E-state index in [0.717, 1.165) is 32.5 Å². The molecule has 2 rings (SSSR count). The van der Waals surface area contributed by atoms with Crippen molar-refractivity contribution >= 4 is 17.3 Å². The van der Waals surface area contributed by atoms with E-state index in [-0.39, 0.29) is 17.3 Å². The zero-order chi connectivity index (χ0) is 15.4. The molecular weight excluding hydrogens is 274 g/mol. The molecule has 0 aromatic heterocycles. The van der Waals surface area contributed by atoms with Crippen LogP contribution in [-0.2, 0) is 0 Å². The average molecular weight is 293 g/mol. The number of carbonyl (C=O) groups is 1. The minimum absolute atomic E-state index is 0.231. The van der Waals surface area contributed by atoms with E-state index in [2.05, 4.69) is 17.1 Å². The maximum atomic E-state index is 11.0. The molecule has 114 valence electrons. The Morgan fingerprint density at radius 1 is 1.57 bits per heavy atom. The maximum absolute atomic E-state index is 11.0. The topological polar surface area (TPSA) is 95.7 Å². The molecule has 0 saturated carbocycles. The highest BCUT2D eigenvalue weighted by atomic mass is 16.6. The van der Waals surface area contributed by atoms with Crippen molar-refractivity contribution in [2.75, 3.05) is 25.0 Å². The van der Waals surface area contributed by atoms with Crippen molar-refractivity contribution in [3.63, 3.8) is 0 Å². The second-order valence-electron chi connectivity index (χ2n) is 5.17. The van der Waals surface area contributed by atoms with Crippen molar-refractivity contribution < 1.29 is 14.8 Å². The Hall–Kier alpha value is -2.15. The fourth-order valence-electron chi connectivity index (χ4n) is 2.65. The molecule has 0 radical (unpaired) electrons. The largest absolute Gasteiger partial charge is 0.477 e. The highest BCUT2D eigenvalue weighted by molar-refractivity contribution is 5.93. The lowest BCUT2D eigenvalue weighted by molar-refractivity contribution is -0.385. The molecular formula is C14H19N3O4. The number of nitro benzene ring substituents is 1. The minimum Gasteiger partial charge on any atom is -0.477 e. The van der Waals surface area contributed by atoms with Gasteiger partial charge in [0, 0.05) is 24.3 Å². The molecule has 0 spiro atoms. The molecule has 7 nitrogen and oxygen atoms in total. The smallest absolute Gasteiger partial charge is 0.342 e. The van der Waals surface area contributed by atoms with Gasteiger partial charge in [-0.1, -0.05) is 6.92 Å². The summed E-state index contributed by atoms with van der Waals surface area (Å²) in [5.74, 6) is -1.29. The summed E-state index contributed by atoms with van der Waals surface area (Å²) in [7, 11) is 0. The number of nitrogens with zero attached hydrogens (tertiary/aromatic N) is 2. The molecule has 1 fully saturated rings. The first kappa shape index (κ1) is 15.2. The van der Waals surface area contributed by atoms with Crippen molar-refractivity contribution in [3.8, 4) is 0 Å². The van der Waals surface area contributed by atoms with Crippen LogP contribution < -0.4 is 5.32 Å². The van der Waals surface area contributed by atoms with Gasteiger partial charge in [0.25, 0.3) is 5.69 Å². The molecule has 1 heterocycles. The highest BCUT2D eigenvalue weighted by Crippen LogP contribution is 2.25. The summed E-state index contributed by atoms with van der Waals surface area (Å²) in [5, 5.41) is 23.2. The van der Waals surface area contributed by atoms with Crippen LogP contribution in [0, 0.1) is 10.1 Å². The van der Waals surface area contributed by atoms with Crippen LogP contribution in [0.3, 0.4) is 0 Å². The van der Waals surface area contributed by atoms with Gasteiger partial charge < -0.3 is 15.3 Å². The van der Waals surface area contributed by atoms with E-state index in [0.29, 0.717) is 5.69 Å². The van der Waals surface area contributed by atoms with E-state index in [1.807, 2.05) is 0 Å². The van der Waals surface area contributed by atoms with Gasteiger partial charge in [0.2, 0.25) is 0 Å². The number of anilines is 1. The molecule has 2 N–H and O–H groups in total. The second-order valence-corrected chi connectivity index (χ2v) is 5.17. The Bertz CT molecular complexity index is 547. The van der Waals surface area contributed by atoms with Crippen molar-refractivity contribution in [2.24, 2.45) is 0 Å². The van der Waals surface area contributed by atoms with E-state index < -0.39 is 10.9 Å². The second kappa shape index (κ2) is 6.53. The number of benzene rings is 1. The number of piperidine rings is 1. The number of nitrogens with one attached hydrogen (secondary N) is 1. The Morgan fingerprint density at radius 2 is 2.33 bits per heavy atom. The van der Waals surface area contributed by atoms with Crippen LogP contribution >= 0.6 is 0 Å². The molecule has 1 aromatic rings. The number of likely N-dealkylation sites (N-methyl/N-ethyl adjacent to an activating group) is 1. The minimum atomic E-state index is -1.29. The maximum Gasteiger partial charge on any atom is 0.342 e. The van der Waals surface area contributed by atoms with Crippen molar-refractivity contribution in [1.29, 1.82) is 0 Å². The number of carboxylic acids is 1. The molecule has 21 heavy (non-hydrogen) atoms. The predicted molar refractivity (Wildman–Crippen MR) is 78.8 cm³/mol. The summed E-state index contributed by atoms with van der Waals surface area (Å²) in [6.07, 6.45) is 2.09. The van der Waals surface area contributed by atoms with Gasteiger partial charge in [-0.05, 0) is 38.1 Å². The average Bonchev–Trinajstić information content (AvgIpc) is 2.47. The Morgan fingerprint density at radius 3 is 2.95 bits per heavy atom. The number of likely N-dealkylation sites (tertiary alicyclic amines) is 1. The molecule has 1 aliphatic rings. The van der Waals surface area contributed by atoms with E-state index >= 15 is 0 Å². The van der Waals surface area contributed by atoms with E-state index in [9.17, 15) is 14.9 Å². The van der Waals surface area contributed by atoms with Gasteiger partial charge in [-0.25, -0.2) is 4.79 Å². The fourth-order valence-corrected chi connectivity index (χ4v) is 2.65. The normalized spacial score (nSPS) is 19.2. The van der Waals surface area contributed by atoms with Crippen LogP contribution in [0.25, 0.3) is 0 Å². The lowest BCUT2D eigenvalue weighted by atomic mass is 10.0. The first-order valence-electron chi connectivity index (χ1n) is 7.02. The van der Waals surface area contributed by atoms with Crippen LogP contribution in [0.4, 0.5) is 11.4 Å².